The van der Waals surface area contributed by atoms with Crippen LogP contribution >= 0.6 is 0 Å². The summed E-state index contributed by atoms with van der Waals surface area (Å²) in [5.41, 5.74) is 3.72. The molecule has 0 spiro atoms. The van der Waals surface area contributed by atoms with Crippen molar-refractivity contribution in [1.82, 2.24) is 4.57 Å². The van der Waals surface area contributed by atoms with Gasteiger partial charge < -0.3 is 19.1 Å². The second kappa shape index (κ2) is 7.41. The van der Waals surface area contributed by atoms with Gasteiger partial charge in [0.05, 0.1) is 25.3 Å². The lowest BCUT2D eigenvalue weighted by Crippen LogP contribution is -2.10. The molecule has 3 aromatic rings. The number of amides is 1. The summed E-state index contributed by atoms with van der Waals surface area (Å²) in [5, 5.41) is 12.6. The SMILES string of the molecule is COC(=O)Nc1ccc2c(c1)c(Cc1ccc(C(=O)O)cc1)c(OC)n2C. The normalized spacial score (nSPS) is 10.6. The summed E-state index contributed by atoms with van der Waals surface area (Å²) < 4.78 is 12.2. The van der Waals surface area contributed by atoms with E-state index in [0.29, 0.717) is 18.0 Å². The quantitative estimate of drug-likeness (QED) is 0.717. The number of hydrogen-bond acceptors (Lipinski definition) is 4. The second-order valence-corrected chi connectivity index (χ2v) is 6.07. The number of aromatic carboxylic acids is 1. The second-order valence-electron chi connectivity index (χ2n) is 6.07. The number of fused-ring (bicyclic) bond motifs is 1. The van der Waals surface area contributed by atoms with Gasteiger partial charge >= 0.3 is 12.1 Å². The largest absolute Gasteiger partial charge is 0.482 e. The number of aryl methyl sites for hydroxylation is 1. The lowest BCUT2D eigenvalue weighted by Gasteiger charge is -2.07. The van der Waals surface area contributed by atoms with Crippen molar-refractivity contribution in [2.24, 2.45) is 7.05 Å². The van der Waals surface area contributed by atoms with Crippen LogP contribution in [-0.4, -0.2) is 36.0 Å². The Bertz CT molecular complexity index is 1010. The van der Waals surface area contributed by atoms with Gasteiger partial charge in [-0.3, -0.25) is 5.32 Å². The van der Waals surface area contributed by atoms with E-state index in [1.54, 1.807) is 37.4 Å². The lowest BCUT2D eigenvalue weighted by molar-refractivity contribution is 0.0697. The molecule has 0 aliphatic heterocycles. The molecule has 140 valence electrons. The minimum atomic E-state index is -0.956. The zero-order chi connectivity index (χ0) is 19.6. The van der Waals surface area contributed by atoms with Crippen LogP contribution in [0.5, 0.6) is 5.88 Å². The van der Waals surface area contributed by atoms with E-state index >= 15 is 0 Å². The molecule has 0 atom stereocenters. The van der Waals surface area contributed by atoms with Crippen LogP contribution in [0.1, 0.15) is 21.5 Å². The molecule has 1 amide bonds. The molecule has 0 fully saturated rings. The van der Waals surface area contributed by atoms with E-state index in [1.807, 2.05) is 23.7 Å². The number of ether oxygens (including phenoxy) is 2. The Kier molecular flexibility index (Phi) is 5.03. The summed E-state index contributed by atoms with van der Waals surface area (Å²) in [6, 6.07) is 12.3. The summed E-state index contributed by atoms with van der Waals surface area (Å²) in [6.07, 6.45) is 0.0188. The number of benzene rings is 2. The van der Waals surface area contributed by atoms with Crippen LogP contribution in [0.4, 0.5) is 10.5 Å². The van der Waals surface area contributed by atoms with Crippen LogP contribution in [0, 0.1) is 0 Å². The molecule has 0 bridgehead atoms. The zero-order valence-corrected chi connectivity index (χ0v) is 15.3. The minimum absolute atomic E-state index is 0.244. The van der Waals surface area contributed by atoms with Crippen LogP contribution in [0.15, 0.2) is 42.5 Å². The Hall–Kier alpha value is -3.48. The molecule has 2 aromatic carbocycles. The number of aromatic nitrogens is 1. The third-order valence-electron chi connectivity index (χ3n) is 4.45. The van der Waals surface area contributed by atoms with Gasteiger partial charge in [-0.15, -0.1) is 0 Å². The molecule has 7 heteroatoms. The third-order valence-corrected chi connectivity index (χ3v) is 4.45. The number of rotatable bonds is 5. The highest BCUT2D eigenvalue weighted by Gasteiger charge is 2.17. The molecule has 0 saturated heterocycles. The van der Waals surface area contributed by atoms with Gasteiger partial charge in [-0.05, 0) is 35.9 Å². The summed E-state index contributed by atoms with van der Waals surface area (Å²) in [6.45, 7) is 0. The van der Waals surface area contributed by atoms with E-state index in [2.05, 4.69) is 10.1 Å². The number of carbonyl (C=O) groups is 2. The van der Waals surface area contributed by atoms with Gasteiger partial charge in [0.2, 0.25) is 0 Å². The molecule has 0 aliphatic carbocycles. The van der Waals surface area contributed by atoms with E-state index in [9.17, 15) is 9.59 Å². The fourth-order valence-corrected chi connectivity index (χ4v) is 3.14. The Morgan fingerprint density at radius 3 is 2.41 bits per heavy atom. The first-order valence-corrected chi connectivity index (χ1v) is 8.27. The molecular weight excluding hydrogens is 348 g/mol. The molecule has 0 unspecified atom stereocenters. The number of nitrogens with zero attached hydrogens (tertiary/aromatic N) is 1. The van der Waals surface area contributed by atoms with Crippen molar-refractivity contribution in [3.63, 3.8) is 0 Å². The van der Waals surface area contributed by atoms with Gasteiger partial charge in [0.15, 0.2) is 5.88 Å². The Labute approximate surface area is 156 Å². The number of methoxy groups -OCH3 is 2. The summed E-state index contributed by atoms with van der Waals surface area (Å²) in [4.78, 5) is 22.5. The monoisotopic (exact) mass is 368 g/mol. The van der Waals surface area contributed by atoms with Gasteiger partial charge in [-0.2, -0.15) is 0 Å². The highest BCUT2D eigenvalue weighted by molar-refractivity contribution is 5.93. The number of carboxylic acid groups (broad SMARTS) is 1. The van der Waals surface area contributed by atoms with E-state index in [4.69, 9.17) is 9.84 Å². The summed E-state index contributed by atoms with van der Waals surface area (Å²) >= 11 is 0. The highest BCUT2D eigenvalue weighted by Crippen LogP contribution is 2.34. The maximum absolute atomic E-state index is 11.5. The highest BCUT2D eigenvalue weighted by atomic mass is 16.5. The molecule has 7 nitrogen and oxygen atoms in total. The third kappa shape index (κ3) is 3.57. The smallest absolute Gasteiger partial charge is 0.411 e. The molecule has 0 radical (unpaired) electrons. The topological polar surface area (TPSA) is 89.8 Å². The molecule has 0 saturated carbocycles. The summed E-state index contributed by atoms with van der Waals surface area (Å²) in [5.74, 6) is -0.245. The lowest BCUT2D eigenvalue weighted by atomic mass is 10.0. The van der Waals surface area contributed by atoms with Crippen LogP contribution in [0.3, 0.4) is 0 Å². The number of hydrogen-bond donors (Lipinski definition) is 2. The van der Waals surface area contributed by atoms with Crippen LogP contribution in [0.2, 0.25) is 0 Å². The van der Waals surface area contributed by atoms with Gasteiger partial charge in [0, 0.05) is 30.1 Å². The fraction of sp³-hybridized carbons (Fsp3) is 0.200. The molecular formula is C20H20N2O5. The predicted molar refractivity (Wildman–Crippen MR) is 102 cm³/mol. The first-order chi connectivity index (χ1) is 12.9. The van der Waals surface area contributed by atoms with E-state index in [1.165, 1.54) is 7.11 Å². The molecule has 2 N–H and O–H groups in total. The number of nitrogens with one attached hydrogen (secondary N) is 1. The van der Waals surface area contributed by atoms with Crippen LogP contribution in [-0.2, 0) is 18.2 Å². The van der Waals surface area contributed by atoms with Gasteiger partial charge in [0.1, 0.15) is 0 Å². The van der Waals surface area contributed by atoms with Crippen molar-refractivity contribution < 1.29 is 24.2 Å². The standard InChI is InChI=1S/C20H20N2O5/c1-22-17-9-8-14(21-20(25)27-3)11-15(17)16(18(22)26-2)10-12-4-6-13(7-5-12)19(23)24/h4-9,11H,10H2,1-3H3,(H,21,25)(H,23,24). The van der Waals surface area contributed by atoms with Crippen LogP contribution < -0.4 is 10.1 Å². The maximum atomic E-state index is 11.5. The maximum Gasteiger partial charge on any atom is 0.411 e. The van der Waals surface area contributed by atoms with E-state index in [0.717, 1.165) is 22.0 Å². The number of anilines is 1. The average Bonchev–Trinajstić information content (AvgIpc) is 2.93. The molecule has 27 heavy (non-hydrogen) atoms. The van der Waals surface area contributed by atoms with Crippen molar-refractivity contribution in [2.75, 3.05) is 19.5 Å². The number of carbonyl (C=O) groups excluding carboxylic acids is 1. The Balaban J connectivity index is 2.04. The number of carboxylic acids is 1. The first kappa shape index (κ1) is 18.3. The molecule has 3 rings (SSSR count). The first-order valence-electron chi connectivity index (χ1n) is 8.27. The van der Waals surface area contributed by atoms with Gasteiger partial charge in [-0.25, -0.2) is 9.59 Å². The molecule has 1 aromatic heterocycles. The average molecular weight is 368 g/mol. The Morgan fingerprint density at radius 2 is 1.81 bits per heavy atom. The Morgan fingerprint density at radius 1 is 1.11 bits per heavy atom. The van der Waals surface area contributed by atoms with Crippen molar-refractivity contribution in [3.05, 3.63) is 59.2 Å². The van der Waals surface area contributed by atoms with E-state index in [-0.39, 0.29) is 5.56 Å². The zero-order valence-electron chi connectivity index (χ0n) is 15.3. The van der Waals surface area contributed by atoms with Gasteiger partial charge in [0.25, 0.3) is 0 Å². The molecule has 1 heterocycles. The predicted octanol–water partition coefficient (Wildman–Crippen LogP) is 3.65. The van der Waals surface area contributed by atoms with Gasteiger partial charge in [-0.1, -0.05) is 12.1 Å². The minimum Gasteiger partial charge on any atom is -0.482 e. The van der Waals surface area contributed by atoms with Crippen molar-refractivity contribution in [2.45, 2.75) is 6.42 Å². The van der Waals surface area contributed by atoms with Crippen LogP contribution in [0.25, 0.3) is 10.9 Å². The fourth-order valence-electron chi connectivity index (χ4n) is 3.14. The van der Waals surface area contributed by atoms with Crippen molar-refractivity contribution >= 4 is 28.7 Å². The summed E-state index contributed by atoms with van der Waals surface area (Å²) in [7, 11) is 4.83. The van der Waals surface area contributed by atoms with Crippen molar-refractivity contribution in [3.8, 4) is 5.88 Å². The molecule has 0 aliphatic rings. The van der Waals surface area contributed by atoms with E-state index < -0.39 is 12.1 Å². The van der Waals surface area contributed by atoms with Crippen molar-refractivity contribution in [1.29, 1.82) is 0 Å².